The van der Waals surface area contributed by atoms with Crippen LogP contribution in [0.5, 0.6) is 0 Å². The Kier molecular flexibility index (Phi) is 4.71. The molecule has 3 aromatic rings. The van der Waals surface area contributed by atoms with Crippen LogP contribution in [-0.4, -0.2) is 31.7 Å². The van der Waals surface area contributed by atoms with Crippen LogP contribution in [0, 0.1) is 0 Å². The monoisotopic (exact) mass is 365 g/mol. The van der Waals surface area contributed by atoms with Gasteiger partial charge in [0.05, 0.1) is 0 Å². The molecule has 0 radical (unpaired) electrons. The van der Waals surface area contributed by atoms with E-state index in [1.807, 2.05) is 54.1 Å². The molecule has 132 valence electrons. The lowest BCUT2D eigenvalue weighted by Crippen LogP contribution is -2.29. The Hall–Kier alpha value is -2.67. The van der Waals surface area contributed by atoms with Gasteiger partial charge in [-0.15, -0.1) is 10.2 Å². The lowest BCUT2D eigenvalue weighted by Gasteiger charge is -2.16. The molecule has 0 spiro atoms. The predicted molar refractivity (Wildman–Crippen MR) is 100 cm³/mol. The van der Waals surface area contributed by atoms with E-state index < -0.39 is 0 Å². The summed E-state index contributed by atoms with van der Waals surface area (Å²) < 4.78 is 1.90. The zero-order valence-electron chi connectivity index (χ0n) is 14.4. The maximum absolute atomic E-state index is 12.8. The van der Waals surface area contributed by atoms with E-state index >= 15 is 0 Å². The highest BCUT2D eigenvalue weighted by molar-refractivity contribution is 8.00. The number of pyridine rings is 1. The van der Waals surface area contributed by atoms with Crippen LogP contribution in [-0.2, 0) is 11.8 Å². The molecular formula is C19H19N5OS. The van der Waals surface area contributed by atoms with Crippen molar-refractivity contribution >= 4 is 17.7 Å². The Morgan fingerprint density at radius 3 is 2.69 bits per heavy atom. The Bertz CT molecular complexity index is 893. The van der Waals surface area contributed by atoms with Crippen molar-refractivity contribution in [2.75, 3.05) is 0 Å². The van der Waals surface area contributed by atoms with Crippen LogP contribution in [0.3, 0.4) is 0 Å². The molecule has 6 nitrogen and oxygen atoms in total. The summed E-state index contributed by atoms with van der Waals surface area (Å²) in [4.78, 5) is 16.9. The quantitative estimate of drug-likeness (QED) is 0.680. The normalized spacial score (nSPS) is 14.8. The molecule has 1 fully saturated rings. The molecule has 1 atom stereocenters. The van der Waals surface area contributed by atoms with Gasteiger partial charge in [0.1, 0.15) is 5.25 Å². The van der Waals surface area contributed by atoms with Crippen molar-refractivity contribution in [3.8, 4) is 11.4 Å². The van der Waals surface area contributed by atoms with E-state index in [4.69, 9.17) is 0 Å². The van der Waals surface area contributed by atoms with Crippen LogP contribution in [0.4, 0.5) is 0 Å². The van der Waals surface area contributed by atoms with Crippen molar-refractivity contribution in [2.24, 2.45) is 7.05 Å². The zero-order valence-corrected chi connectivity index (χ0v) is 15.2. The Labute approximate surface area is 156 Å². The van der Waals surface area contributed by atoms with Gasteiger partial charge < -0.3 is 9.88 Å². The van der Waals surface area contributed by atoms with Gasteiger partial charge in [-0.25, -0.2) is 0 Å². The summed E-state index contributed by atoms with van der Waals surface area (Å²) in [5.74, 6) is 0.754. The number of rotatable bonds is 6. The van der Waals surface area contributed by atoms with Gasteiger partial charge in [-0.2, -0.15) is 0 Å². The number of benzene rings is 1. The first-order valence-electron chi connectivity index (χ1n) is 8.54. The molecule has 2 heterocycles. The molecular weight excluding hydrogens is 346 g/mol. The van der Waals surface area contributed by atoms with Crippen molar-refractivity contribution in [1.29, 1.82) is 0 Å². The molecule has 0 bridgehead atoms. The third-order valence-corrected chi connectivity index (χ3v) is 5.53. The summed E-state index contributed by atoms with van der Waals surface area (Å²) >= 11 is 1.42. The van der Waals surface area contributed by atoms with Gasteiger partial charge in [-0.05, 0) is 30.5 Å². The summed E-state index contributed by atoms with van der Waals surface area (Å²) in [6, 6.07) is 13.9. The molecule has 7 heteroatoms. The van der Waals surface area contributed by atoms with Crippen LogP contribution in [0.25, 0.3) is 11.4 Å². The Morgan fingerprint density at radius 1 is 1.19 bits per heavy atom. The summed E-state index contributed by atoms with van der Waals surface area (Å²) in [6.07, 6.45) is 5.61. The van der Waals surface area contributed by atoms with Gasteiger partial charge in [0.25, 0.3) is 0 Å². The number of amides is 1. The van der Waals surface area contributed by atoms with E-state index in [-0.39, 0.29) is 11.2 Å². The van der Waals surface area contributed by atoms with Gasteiger partial charge >= 0.3 is 0 Å². The van der Waals surface area contributed by atoms with Crippen LogP contribution in [0.15, 0.2) is 60.0 Å². The molecule has 1 aliphatic carbocycles. The molecule has 4 rings (SSSR count). The first-order valence-corrected chi connectivity index (χ1v) is 9.42. The van der Waals surface area contributed by atoms with Gasteiger partial charge in [0.2, 0.25) is 5.91 Å². The first-order chi connectivity index (χ1) is 12.7. The summed E-state index contributed by atoms with van der Waals surface area (Å²) in [6.45, 7) is 0. The maximum atomic E-state index is 12.8. The molecule has 1 aliphatic rings. The number of carbonyl (C=O) groups excluding carboxylic acids is 1. The average Bonchev–Trinajstić information content (AvgIpc) is 3.42. The SMILES string of the molecule is Cn1c(S[C@@H](C(=O)NC2CC2)c2ccccc2)nnc1-c1cccnc1. The van der Waals surface area contributed by atoms with E-state index in [2.05, 4.69) is 20.5 Å². The Morgan fingerprint density at radius 2 is 2.00 bits per heavy atom. The molecule has 0 unspecified atom stereocenters. The van der Waals surface area contributed by atoms with Gasteiger partial charge in [0, 0.05) is 31.0 Å². The molecule has 0 saturated heterocycles. The van der Waals surface area contributed by atoms with Gasteiger partial charge in [-0.1, -0.05) is 42.1 Å². The third kappa shape index (κ3) is 3.62. The molecule has 26 heavy (non-hydrogen) atoms. The molecule has 1 aromatic carbocycles. The van der Waals surface area contributed by atoms with E-state index in [1.165, 1.54) is 11.8 Å². The maximum Gasteiger partial charge on any atom is 0.238 e. The first kappa shape index (κ1) is 16.8. The van der Waals surface area contributed by atoms with Crippen molar-refractivity contribution in [2.45, 2.75) is 29.3 Å². The Balaban J connectivity index is 1.61. The topological polar surface area (TPSA) is 72.7 Å². The average molecular weight is 365 g/mol. The summed E-state index contributed by atoms with van der Waals surface area (Å²) in [5, 5.41) is 12.0. The number of thioether (sulfide) groups is 1. The number of carbonyl (C=O) groups is 1. The second-order valence-corrected chi connectivity index (χ2v) is 7.37. The largest absolute Gasteiger partial charge is 0.352 e. The van der Waals surface area contributed by atoms with Crippen LogP contribution < -0.4 is 5.32 Å². The third-order valence-electron chi connectivity index (χ3n) is 4.24. The highest BCUT2D eigenvalue weighted by atomic mass is 32.2. The smallest absolute Gasteiger partial charge is 0.238 e. The molecule has 1 amide bonds. The van der Waals surface area contributed by atoms with Gasteiger partial charge in [-0.3, -0.25) is 9.78 Å². The zero-order chi connectivity index (χ0) is 17.9. The number of hydrogen-bond acceptors (Lipinski definition) is 5. The number of aromatic nitrogens is 4. The number of nitrogens with one attached hydrogen (secondary N) is 1. The molecule has 2 aromatic heterocycles. The summed E-state index contributed by atoms with van der Waals surface area (Å²) in [7, 11) is 1.91. The molecule has 0 aliphatic heterocycles. The lowest BCUT2D eigenvalue weighted by atomic mass is 10.1. The fourth-order valence-corrected chi connectivity index (χ4v) is 3.69. The van der Waals surface area contributed by atoms with E-state index in [0.29, 0.717) is 11.2 Å². The van der Waals surface area contributed by atoms with Crippen molar-refractivity contribution in [3.63, 3.8) is 0 Å². The highest BCUT2D eigenvalue weighted by Crippen LogP contribution is 2.36. The van der Waals surface area contributed by atoms with Crippen LogP contribution in [0.1, 0.15) is 23.7 Å². The lowest BCUT2D eigenvalue weighted by molar-refractivity contribution is -0.120. The van der Waals surface area contributed by atoms with E-state index in [9.17, 15) is 4.79 Å². The fourth-order valence-electron chi connectivity index (χ4n) is 2.67. The minimum atomic E-state index is -0.360. The van der Waals surface area contributed by atoms with Crippen molar-refractivity contribution in [3.05, 3.63) is 60.4 Å². The van der Waals surface area contributed by atoms with Crippen molar-refractivity contribution in [1.82, 2.24) is 25.1 Å². The number of hydrogen-bond donors (Lipinski definition) is 1. The van der Waals surface area contributed by atoms with Crippen molar-refractivity contribution < 1.29 is 4.79 Å². The van der Waals surface area contributed by atoms with Crippen LogP contribution >= 0.6 is 11.8 Å². The van der Waals surface area contributed by atoms with E-state index in [0.717, 1.165) is 29.8 Å². The second kappa shape index (κ2) is 7.29. The van der Waals surface area contributed by atoms with Gasteiger partial charge in [0.15, 0.2) is 11.0 Å². The second-order valence-electron chi connectivity index (χ2n) is 6.30. The minimum absolute atomic E-state index is 0.0228. The number of nitrogens with zero attached hydrogens (tertiary/aromatic N) is 4. The predicted octanol–water partition coefficient (Wildman–Crippen LogP) is 2.99. The molecule has 1 N–H and O–H groups in total. The molecule has 1 saturated carbocycles. The fraction of sp³-hybridized carbons (Fsp3) is 0.263. The van der Waals surface area contributed by atoms with E-state index in [1.54, 1.807) is 12.4 Å². The minimum Gasteiger partial charge on any atom is -0.352 e. The van der Waals surface area contributed by atoms with Crippen LogP contribution in [0.2, 0.25) is 0 Å². The standard InChI is InChI=1S/C19H19N5OS/c1-24-17(14-8-5-11-20-12-14)22-23-19(24)26-16(13-6-3-2-4-7-13)18(25)21-15-9-10-15/h2-8,11-12,15-16H,9-10H2,1H3,(H,21,25)/t16-/m1/s1. The summed E-state index contributed by atoms with van der Waals surface area (Å²) in [5.41, 5.74) is 1.86. The highest BCUT2D eigenvalue weighted by Gasteiger charge is 2.30.